The van der Waals surface area contributed by atoms with Gasteiger partial charge in [-0.15, -0.1) is 0 Å². The molecular formula is C20H23F2NO3S. The van der Waals surface area contributed by atoms with Gasteiger partial charge in [-0.05, 0) is 54.2 Å². The number of hydrogen-bond acceptors (Lipinski definition) is 3. The Kier molecular flexibility index (Phi) is 6.11. The standard InChI is InChI=1S/C20H23F2NO3S/c1-26-20-7-5-16(6-8-20)17-4-2-3-9-23(13-17)27(24,25)14-15-10-18(21)12-19(22)11-15/h5-8,10-12,17H,2-4,9,13-14H2,1H3. The smallest absolute Gasteiger partial charge is 0.218 e. The van der Waals surface area contributed by atoms with E-state index >= 15 is 0 Å². The van der Waals surface area contributed by atoms with Crippen LogP contribution in [-0.4, -0.2) is 32.9 Å². The summed E-state index contributed by atoms with van der Waals surface area (Å²) >= 11 is 0. The molecule has 0 aliphatic carbocycles. The second-order valence-corrected chi connectivity index (χ2v) is 8.83. The van der Waals surface area contributed by atoms with E-state index in [-0.39, 0.29) is 11.5 Å². The minimum atomic E-state index is -3.67. The molecule has 1 saturated heterocycles. The average Bonchev–Trinajstić information content (AvgIpc) is 2.87. The van der Waals surface area contributed by atoms with E-state index in [1.54, 1.807) is 7.11 Å². The lowest BCUT2D eigenvalue weighted by Crippen LogP contribution is -2.35. The fourth-order valence-corrected chi connectivity index (χ4v) is 5.09. The molecule has 0 spiro atoms. The first-order valence-corrected chi connectivity index (χ1v) is 10.5. The highest BCUT2D eigenvalue weighted by atomic mass is 32.2. The number of benzene rings is 2. The lowest BCUT2D eigenvalue weighted by molar-refractivity contribution is 0.404. The predicted molar refractivity (Wildman–Crippen MR) is 100 cm³/mol. The third-order valence-electron chi connectivity index (χ3n) is 4.89. The maximum absolute atomic E-state index is 13.4. The Balaban J connectivity index is 1.78. The van der Waals surface area contributed by atoms with Crippen LogP contribution < -0.4 is 4.74 Å². The second-order valence-electron chi connectivity index (χ2n) is 6.86. The molecule has 0 N–H and O–H groups in total. The summed E-state index contributed by atoms with van der Waals surface area (Å²) < 4.78 is 59.2. The van der Waals surface area contributed by atoms with Gasteiger partial charge >= 0.3 is 0 Å². The van der Waals surface area contributed by atoms with Crippen LogP contribution in [0.4, 0.5) is 8.78 Å². The van der Waals surface area contributed by atoms with Gasteiger partial charge in [0, 0.05) is 19.2 Å². The molecule has 0 radical (unpaired) electrons. The van der Waals surface area contributed by atoms with Crippen LogP contribution in [-0.2, 0) is 15.8 Å². The molecule has 2 aromatic carbocycles. The molecule has 0 saturated carbocycles. The van der Waals surface area contributed by atoms with Crippen molar-refractivity contribution in [1.29, 1.82) is 0 Å². The van der Waals surface area contributed by atoms with Gasteiger partial charge in [0.1, 0.15) is 17.4 Å². The lowest BCUT2D eigenvalue weighted by atomic mass is 9.94. The van der Waals surface area contributed by atoms with E-state index < -0.39 is 27.4 Å². The van der Waals surface area contributed by atoms with E-state index in [4.69, 9.17) is 4.74 Å². The largest absolute Gasteiger partial charge is 0.497 e. The van der Waals surface area contributed by atoms with Crippen molar-refractivity contribution in [3.63, 3.8) is 0 Å². The van der Waals surface area contributed by atoms with Gasteiger partial charge < -0.3 is 4.74 Å². The Bertz CT molecular complexity index is 864. The number of hydrogen-bond donors (Lipinski definition) is 0. The molecule has 0 bridgehead atoms. The van der Waals surface area contributed by atoms with Gasteiger partial charge in [-0.2, -0.15) is 0 Å². The summed E-state index contributed by atoms with van der Waals surface area (Å²) in [4.78, 5) is 0. The monoisotopic (exact) mass is 395 g/mol. The average molecular weight is 395 g/mol. The van der Waals surface area contributed by atoms with E-state index in [1.807, 2.05) is 24.3 Å². The van der Waals surface area contributed by atoms with E-state index in [0.717, 1.165) is 48.8 Å². The molecule has 2 aromatic rings. The van der Waals surface area contributed by atoms with E-state index in [9.17, 15) is 17.2 Å². The first-order valence-electron chi connectivity index (χ1n) is 8.94. The molecule has 0 amide bonds. The summed E-state index contributed by atoms with van der Waals surface area (Å²) in [5, 5.41) is 0. The SMILES string of the molecule is COc1ccc(C2CCCCN(S(=O)(=O)Cc3cc(F)cc(F)c3)C2)cc1. The quantitative estimate of drug-likeness (QED) is 0.767. The summed E-state index contributed by atoms with van der Waals surface area (Å²) in [7, 11) is -2.07. The third kappa shape index (κ3) is 5.05. The number of rotatable bonds is 5. The predicted octanol–water partition coefficient (Wildman–Crippen LogP) is 4.07. The van der Waals surface area contributed by atoms with Crippen LogP contribution in [0, 0.1) is 11.6 Å². The van der Waals surface area contributed by atoms with Crippen molar-refractivity contribution >= 4 is 10.0 Å². The summed E-state index contributed by atoms with van der Waals surface area (Å²) in [5.74, 6) is -1.11. The Morgan fingerprint density at radius 2 is 1.74 bits per heavy atom. The van der Waals surface area contributed by atoms with Gasteiger partial charge in [0.25, 0.3) is 0 Å². The number of ether oxygens (including phenoxy) is 1. The highest BCUT2D eigenvalue weighted by Crippen LogP contribution is 2.29. The molecular weight excluding hydrogens is 372 g/mol. The van der Waals surface area contributed by atoms with E-state index in [1.165, 1.54) is 4.31 Å². The maximum atomic E-state index is 13.4. The molecule has 1 heterocycles. The van der Waals surface area contributed by atoms with Crippen molar-refractivity contribution in [3.05, 3.63) is 65.2 Å². The number of halogens is 2. The van der Waals surface area contributed by atoms with Crippen molar-refractivity contribution in [2.45, 2.75) is 30.9 Å². The molecule has 1 aliphatic rings. The second kappa shape index (κ2) is 8.35. The highest BCUT2D eigenvalue weighted by molar-refractivity contribution is 7.88. The van der Waals surface area contributed by atoms with Gasteiger partial charge in [-0.25, -0.2) is 21.5 Å². The zero-order valence-electron chi connectivity index (χ0n) is 15.2. The molecule has 0 aromatic heterocycles. The Labute approximate surface area is 158 Å². The molecule has 1 aliphatic heterocycles. The summed E-state index contributed by atoms with van der Waals surface area (Å²) in [6.45, 7) is 0.791. The van der Waals surface area contributed by atoms with Crippen LogP contribution in [0.15, 0.2) is 42.5 Å². The molecule has 1 unspecified atom stereocenters. The molecule has 1 atom stereocenters. The van der Waals surface area contributed by atoms with Crippen LogP contribution in [0.2, 0.25) is 0 Å². The topological polar surface area (TPSA) is 46.6 Å². The van der Waals surface area contributed by atoms with Crippen molar-refractivity contribution in [2.24, 2.45) is 0 Å². The molecule has 27 heavy (non-hydrogen) atoms. The zero-order valence-corrected chi connectivity index (χ0v) is 16.0. The Hall–Kier alpha value is -1.99. The highest BCUT2D eigenvalue weighted by Gasteiger charge is 2.28. The molecule has 1 fully saturated rings. The van der Waals surface area contributed by atoms with Gasteiger partial charge in [-0.1, -0.05) is 18.6 Å². The minimum Gasteiger partial charge on any atom is -0.497 e. The molecule has 7 heteroatoms. The Morgan fingerprint density at radius 3 is 2.37 bits per heavy atom. The van der Waals surface area contributed by atoms with Crippen LogP contribution in [0.5, 0.6) is 5.75 Å². The van der Waals surface area contributed by atoms with Crippen LogP contribution in [0.1, 0.15) is 36.3 Å². The number of nitrogens with zero attached hydrogens (tertiary/aromatic N) is 1. The van der Waals surface area contributed by atoms with Crippen molar-refractivity contribution in [3.8, 4) is 5.75 Å². The van der Waals surface area contributed by atoms with E-state index in [0.29, 0.717) is 13.1 Å². The van der Waals surface area contributed by atoms with Gasteiger partial charge in [0.2, 0.25) is 10.0 Å². The third-order valence-corrected chi connectivity index (χ3v) is 6.70. The van der Waals surface area contributed by atoms with Gasteiger partial charge in [-0.3, -0.25) is 0 Å². The van der Waals surface area contributed by atoms with Crippen molar-refractivity contribution in [1.82, 2.24) is 4.31 Å². The first-order chi connectivity index (χ1) is 12.9. The van der Waals surface area contributed by atoms with Crippen molar-refractivity contribution in [2.75, 3.05) is 20.2 Å². The van der Waals surface area contributed by atoms with Crippen molar-refractivity contribution < 1.29 is 21.9 Å². The molecule has 3 rings (SSSR count). The van der Waals surface area contributed by atoms with Crippen LogP contribution >= 0.6 is 0 Å². The summed E-state index contributed by atoms with van der Waals surface area (Å²) in [5.41, 5.74) is 1.19. The maximum Gasteiger partial charge on any atom is 0.218 e. The fraction of sp³-hybridized carbons (Fsp3) is 0.400. The van der Waals surface area contributed by atoms with E-state index in [2.05, 4.69) is 0 Å². The number of sulfonamides is 1. The normalized spacial score (nSPS) is 18.9. The molecule has 4 nitrogen and oxygen atoms in total. The van der Waals surface area contributed by atoms with Gasteiger partial charge in [0.05, 0.1) is 12.9 Å². The first kappa shape index (κ1) is 19.8. The number of methoxy groups -OCH3 is 1. The van der Waals surface area contributed by atoms with Crippen LogP contribution in [0.25, 0.3) is 0 Å². The molecule has 146 valence electrons. The lowest BCUT2D eigenvalue weighted by Gasteiger charge is -2.24. The minimum absolute atomic E-state index is 0.0810. The van der Waals surface area contributed by atoms with Gasteiger partial charge in [0.15, 0.2) is 0 Å². The summed E-state index contributed by atoms with van der Waals surface area (Å²) in [6.07, 6.45) is 2.59. The van der Waals surface area contributed by atoms with Crippen LogP contribution in [0.3, 0.4) is 0 Å². The zero-order chi connectivity index (χ0) is 19.4. The fourth-order valence-electron chi connectivity index (χ4n) is 3.50. The Morgan fingerprint density at radius 1 is 1.07 bits per heavy atom. The summed E-state index contributed by atoms with van der Waals surface area (Å²) in [6, 6.07) is 10.5.